The molecule has 0 aliphatic heterocycles. The van der Waals surface area contributed by atoms with Crippen LogP contribution < -0.4 is 0 Å². The van der Waals surface area contributed by atoms with Crippen LogP contribution in [-0.4, -0.2) is 12.6 Å². The van der Waals surface area contributed by atoms with Crippen LogP contribution in [0.2, 0.25) is 0 Å². The van der Waals surface area contributed by atoms with Gasteiger partial charge in [-0.3, -0.25) is 0 Å². The largest absolute Gasteiger partial charge is 0.456 e. The third-order valence-corrected chi connectivity index (χ3v) is 2.99. The van der Waals surface area contributed by atoms with Gasteiger partial charge in [-0.05, 0) is 37.5 Å². The van der Waals surface area contributed by atoms with Crippen LogP contribution in [0.3, 0.4) is 0 Å². The number of hydrogen-bond acceptors (Lipinski definition) is 3. The number of rotatable bonds is 2. The Morgan fingerprint density at radius 1 is 1.39 bits per heavy atom. The smallest absolute Gasteiger partial charge is 0.384 e. The summed E-state index contributed by atoms with van der Waals surface area (Å²) in [7, 11) is 0. The number of hydrogen-bond donors (Lipinski definition) is 0. The first-order valence-electron chi connectivity index (χ1n) is 5.91. The molecule has 1 saturated carbocycles. The van der Waals surface area contributed by atoms with Crippen LogP contribution >= 0.6 is 0 Å². The Bertz CT molecular complexity index is 551. The van der Waals surface area contributed by atoms with Crippen LogP contribution in [0.4, 0.5) is 0 Å². The van der Waals surface area contributed by atoms with Crippen molar-refractivity contribution in [2.24, 2.45) is 0 Å². The van der Waals surface area contributed by atoms with E-state index in [1.54, 1.807) is 6.92 Å². The maximum atomic E-state index is 11.1. The Balaban J connectivity index is 2.09. The van der Waals surface area contributed by atoms with Crippen molar-refractivity contribution in [3.8, 4) is 17.9 Å². The summed E-state index contributed by atoms with van der Waals surface area (Å²) in [5.41, 5.74) is 1.51. The number of carbonyl (C=O) groups is 1. The molecule has 1 aromatic carbocycles. The lowest BCUT2D eigenvalue weighted by Gasteiger charge is -2.04. The molecule has 0 radical (unpaired) electrons. The van der Waals surface area contributed by atoms with Gasteiger partial charge in [0.05, 0.1) is 18.1 Å². The Labute approximate surface area is 106 Å². The van der Waals surface area contributed by atoms with Crippen molar-refractivity contribution >= 4 is 5.97 Å². The Kier molecular flexibility index (Phi) is 3.35. The van der Waals surface area contributed by atoms with Gasteiger partial charge in [-0.1, -0.05) is 18.1 Å². The van der Waals surface area contributed by atoms with Gasteiger partial charge in [0.25, 0.3) is 0 Å². The summed E-state index contributed by atoms with van der Waals surface area (Å²) < 4.78 is 4.71. The van der Waals surface area contributed by atoms with Gasteiger partial charge in [-0.15, -0.1) is 0 Å². The summed E-state index contributed by atoms with van der Waals surface area (Å²) >= 11 is 0. The van der Waals surface area contributed by atoms with E-state index in [1.165, 1.54) is 0 Å². The Hall–Kier alpha value is -2.26. The summed E-state index contributed by atoms with van der Waals surface area (Å²) in [6, 6.07) is 9.83. The molecule has 1 aliphatic carbocycles. The monoisotopic (exact) mass is 239 g/mol. The third kappa shape index (κ3) is 2.52. The van der Waals surface area contributed by atoms with Gasteiger partial charge < -0.3 is 4.74 Å². The molecule has 2 rings (SSSR count). The average molecular weight is 239 g/mol. The fourth-order valence-electron chi connectivity index (χ4n) is 1.75. The standard InChI is InChI=1S/C15H13NO2/c1-2-18-14(17)8-5-12-3-6-13(7-4-12)15(11-16)9-10-15/h3-4,6-7H,2,9-10H2,1H3. The highest BCUT2D eigenvalue weighted by Crippen LogP contribution is 2.47. The normalized spacial score (nSPS) is 14.9. The second-order valence-electron chi connectivity index (χ2n) is 4.24. The SMILES string of the molecule is CCOC(=O)C#Cc1ccc(C2(C#N)CC2)cc1. The molecule has 0 unspecified atom stereocenters. The minimum atomic E-state index is -0.516. The molecule has 3 heteroatoms. The summed E-state index contributed by atoms with van der Waals surface area (Å²) in [6.45, 7) is 2.07. The van der Waals surface area contributed by atoms with E-state index in [9.17, 15) is 4.79 Å². The second-order valence-corrected chi connectivity index (χ2v) is 4.24. The van der Waals surface area contributed by atoms with Gasteiger partial charge >= 0.3 is 5.97 Å². The summed E-state index contributed by atoms with van der Waals surface area (Å²) in [5, 5.41) is 9.08. The number of nitrogens with zero attached hydrogens (tertiary/aromatic N) is 1. The number of benzene rings is 1. The first-order chi connectivity index (χ1) is 8.70. The van der Waals surface area contributed by atoms with Crippen molar-refractivity contribution in [1.29, 1.82) is 5.26 Å². The van der Waals surface area contributed by atoms with Gasteiger partial charge in [0.1, 0.15) is 0 Å². The first-order valence-corrected chi connectivity index (χ1v) is 5.91. The molecule has 0 heterocycles. The molecule has 1 aromatic rings. The Morgan fingerprint density at radius 3 is 2.56 bits per heavy atom. The van der Waals surface area contributed by atoms with Crippen molar-refractivity contribution in [2.75, 3.05) is 6.61 Å². The minimum absolute atomic E-state index is 0.271. The van der Waals surface area contributed by atoms with E-state index < -0.39 is 5.97 Å². The number of esters is 1. The molecule has 1 fully saturated rings. The van der Waals surface area contributed by atoms with Crippen molar-refractivity contribution < 1.29 is 9.53 Å². The van der Waals surface area contributed by atoms with Crippen LogP contribution in [-0.2, 0) is 14.9 Å². The van der Waals surface area contributed by atoms with Gasteiger partial charge in [0, 0.05) is 11.5 Å². The fourth-order valence-corrected chi connectivity index (χ4v) is 1.75. The Morgan fingerprint density at radius 2 is 2.06 bits per heavy atom. The number of ether oxygens (including phenoxy) is 1. The maximum absolute atomic E-state index is 11.1. The van der Waals surface area contributed by atoms with Crippen molar-refractivity contribution in [1.82, 2.24) is 0 Å². The molecule has 0 aromatic heterocycles. The molecule has 0 amide bonds. The lowest BCUT2D eigenvalue weighted by Crippen LogP contribution is -2.02. The van der Waals surface area contributed by atoms with Crippen LogP contribution in [0.5, 0.6) is 0 Å². The molecule has 1 aliphatic rings. The zero-order valence-corrected chi connectivity index (χ0v) is 10.2. The topological polar surface area (TPSA) is 50.1 Å². The van der Waals surface area contributed by atoms with E-state index >= 15 is 0 Å². The lowest BCUT2D eigenvalue weighted by atomic mass is 9.97. The van der Waals surface area contributed by atoms with E-state index in [-0.39, 0.29) is 5.41 Å². The van der Waals surface area contributed by atoms with Crippen LogP contribution in [0, 0.1) is 23.2 Å². The van der Waals surface area contributed by atoms with Crippen molar-refractivity contribution in [3.05, 3.63) is 35.4 Å². The maximum Gasteiger partial charge on any atom is 0.384 e. The summed E-state index contributed by atoms with van der Waals surface area (Å²) in [5.74, 6) is 4.63. The molecule has 90 valence electrons. The highest BCUT2D eigenvalue weighted by atomic mass is 16.5. The lowest BCUT2D eigenvalue weighted by molar-refractivity contribution is -0.136. The molecule has 0 atom stereocenters. The van der Waals surface area contributed by atoms with Gasteiger partial charge in [0.2, 0.25) is 0 Å². The van der Waals surface area contributed by atoms with Crippen LogP contribution in [0.15, 0.2) is 24.3 Å². The van der Waals surface area contributed by atoms with Crippen LogP contribution in [0.1, 0.15) is 30.9 Å². The minimum Gasteiger partial charge on any atom is -0.456 e. The van der Waals surface area contributed by atoms with Crippen LogP contribution in [0.25, 0.3) is 0 Å². The highest BCUT2D eigenvalue weighted by molar-refractivity contribution is 5.89. The molecule has 0 spiro atoms. The predicted molar refractivity (Wildman–Crippen MR) is 66.5 cm³/mol. The van der Waals surface area contributed by atoms with E-state index in [0.717, 1.165) is 24.0 Å². The van der Waals surface area contributed by atoms with E-state index in [4.69, 9.17) is 10.00 Å². The van der Waals surface area contributed by atoms with E-state index in [1.807, 2.05) is 24.3 Å². The van der Waals surface area contributed by atoms with Gasteiger partial charge in [-0.2, -0.15) is 5.26 Å². The second kappa shape index (κ2) is 4.94. The molecular formula is C15H13NO2. The molecule has 0 saturated heterocycles. The summed E-state index contributed by atoms with van der Waals surface area (Å²) in [4.78, 5) is 11.1. The fraction of sp³-hybridized carbons (Fsp3) is 0.333. The third-order valence-electron chi connectivity index (χ3n) is 2.99. The quantitative estimate of drug-likeness (QED) is 0.587. The van der Waals surface area contributed by atoms with Gasteiger partial charge in [-0.25, -0.2) is 4.79 Å². The predicted octanol–water partition coefficient (Wildman–Crippen LogP) is 2.16. The molecular weight excluding hydrogens is 226 g/mol. The highest BCUT2D eigenvalue weighted by Gasteiger charge is 2.44. The summed E-state index contributed by atoms with van der Waals surface area (Å²) in [6.07, 6.45) is 1.86. The molecule has 0 bridgehead atoms. The zero-order valence-electron chi connectivity index (χ0n) is 10.2. The first kappa shape index (κ1) is 12.2. The average Bonchev–Trinajstić information content (AvgIpc) is 3.18. The molecule has 0 N–H and O–H groups in total. The van der Waals surface area contributed by atoms with Gasteiger partial charge in [0.15, 0.2) is 0 Å². The van der Waals surface area contributed by atoms with E-state index in [2.05, 4.69) is 17.9 Å². The molecule has 18 heavy (non-hydrogen) atoms. The van der Waals surface area contributed by atoms with E-state index in [0.29, 0.717) is 6.61 Å². The molecule has 3 nitrogen and oxygen atoms in total. The number of carbonyl (C=O) groups excluding carboxylic acids is 1. The van der Waals surface area contributed by atoms with Crippen molar-refractivity contribution in [3.63, 3.8) is 0 Å². The van der Waals surface area contributed by atoms with Crippen molar-refractivity contribution in [2.45, 2.75) is 25.2 Å². The zero-order chi connectivity index (χ0) is 13.0. The number of nitriles is 1.